The van der Waals surface area contributed by atoms with Crippen LogP contribution >= 0.6 is 31.9 Å². The van der Waals surface area contributed by atoms with Crippen molar-refractivity contribution in [2.45, 2.75) is 32.7 Å². The molecule has 4 heteroatoms. The summed E-state index contributed by atoms with van der Waals surface area (Å²) in [7, 11) is 0. The van der Waals surface area contributed by atoms with Crippen LogP contribution in [0.15, 0.2) is 15.3 Å². The van der Waals surface area contributed by atoms with Crippen LogP contribution in [-0.2, 0) is 6.54 Å². The maximum atomic E-state index is 4.27. The van der Waals surface area contributed by atoms with Crippen molar-refractivity contribution >= 4 is 31.9 Å². The lowest BCUT2D eigenvalue weighted by Crippen LogP contribution is -1.99. The number of nitrogens with zero attached hydrogens (tertiary/aromatic N) is 2. The van der Waals surface area contributed by atoms with Gasteiger partial charge in [-0.05, 0) is 38.3 Å². The van der Waals surface area contributed by atoms with Crippen LogP contribution in [0.2, 0.25) is 0 Å². The van der Waals surface area contributed by atoms with Crippen molar-refractivity contribution < 1.29 is 0 Å². The molecule has 0 N–H and O–H groups in total. The maximum absolute atomic E-state index is 4.27. The summed E-state index contributed by atoms with van der Waals surface area (Å²) in [5.41, 5.74) is 0. The second kappa shape index (κ2) is 5.02. The summed E-state index contributed by atoms with van der Waals surface area (Å²) in [6, 6.07) is 1.96. The van der Waals surface area contributed by atoms with Crippen LogP contribution in [0.5, 0.6) is 0 Å². The molecule has 68 valence electrons. The summed E-state index contributed by atoms with van der Waals surface area (Å²) >= 11 is 6.77. The first-order valence-electron chi connectivity index (χ1n) is 4.13. The van der Waals surface area contributed by atoms with Crippen molar-refractivity contribution in [3.8, 4) is 0 Å². The largest absolute Gasteiger partial charge is 0.257 e. The molecule has 1 aromatic heterocycles. The molecule has 0 radical (unpaired) electrons. The molecule has 0 unspecified atom stereocenters. The quantitative estimate of drug-likeness (QED) is 0.776. The number of halogens is 2. The van der Waals surface area contributed by atoms with Gasteiger partial charge < -0.3 is 0 Å². The Hall–Kier alpha value is 0.170. The average molecular weight is 296 g/mol. The van der Waals surface area contributed by atoms with Crippen LogP contribution in [0.25, 0.3) is 0 Å². The lowest BCUT2D eigenvalue weighted by Gasteiger charge is -2.00. The van der Waals surface area contributed by atoms with Crippen molar-refractivity contribution in [2.24, 2.45) is 0 Å². The van der Waals surface area contributed by atoms with E-state index in [0.717, 1.165) is 15.8 Å². The van der Waals surface area contributed by atoms with Crippen molar-refractivity contribution in [1.82, 2.24) is 9.78 Å². The predicted octanol–water partition coefficient (Wildman–Crippen LogP) is 3.60. The third-order valence-corrected chi connectivity index (χ3v) is 2.70. The first kappa shape index (κ1) is 10.3. The Labute approximate surface area is 89.6 Å². The van der Waals surface area contributed by atoms with E-state index in [9.17, 15) is 0 Å². The maximum Gasteiger partial charge on any atom is 0.129 e. The zero-order chi connectivity index (χ0) is 8.97. The standard InChI is InChI=1S/C8H12Br2N2/c1-2-3-4-5-12-8(10)6-7(9)11-12/h6H,2-5H2,1H3. The van der Waals surface area contributed by atoms with Gasteiger partial charge in [-0.2, -0.15) is 5.10 Å². The molecular weight excluding hydrogens is 284 g/mol. The first-order chi connectivity index (χ1) is 5.74. The average Bonchev–Trinajstić information content (AvgIpc) is 2.31. The van der Waals surface area contributed by atoms with E-state index in [-0.39, 0.29) is 0 Å². The monoisotopic (exact) mass is 294 g/mol. The zero-order valence-corrected chi connectivity index (χ0v) is 10.2. The Balaban J connectivity index is 2.45. The molecule has 0 spiro atoms. The number of rotatable bonds is 4. The van der Waals surface area contributed by atoms with Crippen molar-refractivity contribution in [2.75, 3.05) is 0 Å². The molecule has 0 saturated carbocycles. The minimum Gasteiger partial charge on any atom is -0.257 e. The Morgan fingerprint density at radius 2 is 2.17 bits per heavy atom. The topological polar surface area (TPSA) is 17.8 Å². The summed E-state index contributed by atoms with van der Waals surface area (Å²) in [5, 5.41) is 4.27. The molecule has 0 aliphatic heterocycles. The molecule has 0 aliphatic carbocycles. The van der Waals surface area contributed by atoms with E-state index in [1.54, 1.807) is 0 Å². The predicted molar refractivity (Wildman–Crippen MR) is 57.2 cm³/mol. The van der Waals surface area contributed by atoms with Gasteiger partial charge in [-0.3, -0.25) is 4.68 Å². The van der Waals surface area contributed by atoms with E-state index in [1.807, 2.05) is 10.7 Å². The van der Waals surface area contributed by atoms with Gasteiger partial charge in [-0.15, -0.1) is 0 Å². The highest BCUT2D eigenvalue weighted by Crippen LogP contribution is 2.16. The molecule has 0 bridgehead atoms. The van der Waals surface area contributed by atoms with Crippen LogP contribution in [0, 0.1) is 0 Å². The van der Waals surface area contributed by atoms with Gasteiger partial charge >= 0.3 is 0 Å². The third-order valence-electron chi connectivity index (χ3n) is 1.67. The van der Waals surface area contributed by atoms with Crippen LogP contribution in [0.3, 0.4) is 0 Å². The van der Waals surface area contributed by atoms with E-state index < -0.39 is 0 Å². The number of hydrogen-bond donors (Lipinski definition) is 0. The van der Waals surface area contributed by atoms with Crippen molar-refractivity contribution in [1.29, 1.82) is 0 Å². The molecule has 0 aromatic carbocycles. The molecule has 0 amide bonds. The molecular formula is C8H12Br2N2. The van der Waals surface area contributed by atoms with Gasteiger partial charge in [0.25, 0.3) is 0 Å². The van der Waals surface area contributed by atoms with Gasteiger partial charge in [-0.1, -0.05) is 19.8 Å². The van der Waals surface area contributed by atoms with Crippen LogP contribution < -0.4 is 0 Å². The molecule has 0 fully saturated rings. The number of aryl methyl sites for hydroxylation is 1. The highest BCUT2D eigenvalue weighted by molar-refractivity contribution is 9.11. The van der Waals surface area contributed by atoms with E-state index in [1.165, 1.54) is 19.3 Å². The van der Waals surface area contributed by atoms with Gasteiger partial charge in [0.15, 0.2) is 0 Å². The molecule has 0 aliphatic rings. The van der Waals surface area contributed by atoms with Gasteiger partial charge in [-0.25, -0.2) is 0 Å². The zero-order valence-electron chi connectivity index (χ0n) is 7.06. The van der Waals surface area contributed by atoms with Crippen LogP contribution in [-0.4, -0.2) is 9.78 Å². The highest BCUT2D eigenvalue weighted by atomic mass is 79.9. The lowest BCUT2D eigenvalue weighted by molar-refractivity contribution is 0.543. The minimum atomic E-state index is 0.894. The fourth-order valence-electron chi connectivity index (χ4n) is 1.03. The third kappa shape index (κ3) is 2.90. The number of unbranched alkanes of at least 4 members (excludes halogenated alkanes) is 2. The number of aromatic nitrogens is 2. The lowest BCUT2D eigenvalue weighted by atomic mass is 10.2. The van der Waals surface area contributed by atoms with Crippen LogP contribution in [0.1, 0.15) is 26.2 Å². The van der Waals surface area contributed by atoms with Crippen molar-refractivity contribution in [3.63, 3.8) is 0 Å². The fraction of sp³-hybridized carbons (Fsp3) is 0.625. The number of hydrogen-bond acceptors (Lipinski definition) is 1. The normalized spacial score (nSPS) is 10.6. The van der Waals surface area contributed by atoms with Gasteiger partial charge in [0.1, 0.15) is 9.21 Å². The van der Waals surface area contributed by atoms with E-state index >= 15 is 0 Å². The highest BCUT2D eigenvalue weighted by Gasteiger charge is 2.01. The fourth-order valence-corrected chi connectivity index (χ4v) is 2.22. The molecule has 1 heterocycles. The summed E-state index contributed by atoms with van der Waals surface area (Å²) in [5.74, 6) is 0. The molecule has 2 nitrogen and oxygen atoms in total. The smallest absolute Gasteiger partial charge is 0.129 e. The summed E-state index contributed by atoms with van der Waals surface area (Å²) in [6.07, 6.45) is 3.72. The van der Waals surface area contributed by atoms with Crippen LogP contribution in [0.4, 0.5) is 0 Å². The summed E-state index contributed by atoms with van der Waals surface area (Å²) in [6.45, 7) is 3.20. The first-order valence-corrected chi connectivity index (χ1v) is 5.71. The van der Waals surface area contributed by atoms with E-state index in [2.05, 4.69) is 43.9 Å². The Kier molecular flexibility index (Phi) is 4.29. The Bertz CT molecular complexity index is 245. The second-order valence-corrected chi connectivity index (χ2v) is 4.34. The molecule has 1 rings (SSSR count). The van der Waals surface area contributed by atoms with Gasteiger partial charge in [0.2, 0.25) is 0 Å². The molecule has 12 heavy (non-hydrogen) atoms. The summed E-state index contributed by atoms with van der Waals surface area (Å²) in [4.78, 5) is 0. The summed E-state index contributed by atoms with van der Waals surface area (Å²) < 4.78 is 3.91. The molecule has 0 saturated heterocycles. The van der Waals surface area contributed by atoms with E-state index in [4.69, 9.17) is 0 Å². The van der Waals surface area contributed by atoms with Crippen molar-refractivity contribution in [3.05, 3.63) is 15.3 Å². The Morgan fingerprint density at radius 3 is 2.67 bits per heavy atom. The minimum absolute atomic E-state index is 0.894. The molecule has 1 aromatic rings. The van der Waals surface area contributed by atoms with E-state index in [0.29, 0.717) is 0 Å². The van der Waals surface area contributed by atoms with Gasteiger partial charge in [0.05, 0.1) is 0 Å². The Morgan fingerprint density at radius 1 is 1.42 bits per heavy atom. The second-order valence-electron chi connectivity index (χ2n) is 2.72. The van der Waals surface area contributed by atoms with Gasteiger partial charge in [0, 0.05) is 12.6 Å². The molecule has 0 atom stereocenters. The SMILES string of the molecule is CCCCCn1nc(Br)cc1Br.